The molecule has 2 aliphatic carbocycles. The summed E-state index contributed by atoms with van der Waals surface area (Å²) in [5.74, 6) is 0.0454. The van der Waals surface area contributed by atoms with E-state index < -0.39 is 0 Å². The van der Waals surface area contributed by atoms with Gasteiger partial charge >= 0.3 is 0 Å². The van der Waals surface area contributed by atoms with Gasteiger partial charge in [-0.15, -0.1) is 0 Å². The van der Waals surface area contributed by atoms with Crippen molar-refractivity contribution >= 4 is 12.0 Å². The van der Waals surface area contributed by atoms with Gasteiger partial charge in [-0.1, -0.05) is 18.2 Å². The summed E-state index contributed by atoms with van der Waals surface area (Å²) in [7, 11) is 0. The fourth-order valence-corrected chi connectivity index (χ4v) is 4.44. The third-order valence-corrected chi connectivity index (χ3v) is 5.74. The van der Waals surface area contributed by atoms with Gasteiger partial charge in [0, 0.05) is 30.7 Å². The number of hydrogen-bond acceptors (Lipinski definition) is 3. The normalized spacial score (nSPS) is 29.6. The lowest BCUT2D eigenvalue weighted by atomic mass is 9.95. The number of nitrogens with one attached hydrogen (secondary N) is 1. The zero-order chi connectivity index (χ0) is 16.5. The fourth-order valence-electron chi connectivity index (χ4n) is 4.44. The number of carbonyl (C=O) groups is 1. The summed E-state index contributed by atoms with van der Waals surface area (Å²) in [6.45, 7) is 1.70. The Labute approximate surface area is 143 Å². The highest BCUT2D eigenvalue weighted by Crippen LogP contribution is 2.28. The molecule has 4 heteroatoms. The Bertz CT molecular complexity index is 655. The van der Waals surface area contributed by atoms with Crippen LogP contribution < -0.4 is 5.32 Å². The molecular weight excluding hydrogens is 300 g/mol. The molecule has 1 aromatic rings. The van der Waals surface area contributed by atoms with Crippen molar-refractivity contribution in [2.45, 2.75) is 56.7 Å². The van der Waals surface area contributed by atoms with Crippen LogP contribution in [0.25, 0.3) is 6.08 Å². The van der Waals surface area contributed by atoms with Gasteiger partial charge in [0.25, 0.3) is 5.91 Å². The molecule has 1 unspecified atom stereocenters. The van der Waals surface area contributed by atoms with Crippen LogP contribution in [-0.2, 0) is 6.42 Å². The number of nitrogens with zero attached hydrogens (tertiary/aromatic N) is 1. The molecule has 0 aromatic heterocycles. The van der Waals surface area contributed by atoms with Gasteiger partial charge in [0.05, 0.1) is 6.10 Å². The maximum Gasteiger partial charge on any atom is 0.251 e. The Balaban J connectivity index is 1.44. The molecule has 24 heavy (non-hydrogen) atoms. The number of likely N-dealkylation sites (tertiary alicyclic amines) is 1. The summed E-state index contributed by atoms with van der Waals surface area (Å²) in [6.07, 6.45) is 10.4. The zero-order valence-corrected chi connectivity index (χ0v) is 14.1. The van der Waals surface area contributed by atoms with E-state index in [1.807, 2.05) is 6.07 Å². The summed E-state index contributed by atoms with van der Waals surface area (Å²) >= 11 is 0. The first kappa shape index (κ1) is 15.9. The average molecular weight is 326 g/mol. The monoisotopic (exact) mass is 326 g/mol. The molecule has 1 saturated heterocycles. The summed E-state index contributed by atoms with van der Waals surface area (Å²) in [5.41, 5.74) is 3.29. The van der Waals surface area contributed by atoms with Gasteiger partial charge in [0.15, 0.2) is 0 Å². The maximum atomic E-state index is 12.7. The molecule has 2 fully saturated rings. The average Bonchev–Trinajstić information content (AvgIpc) is 3.23. The number of fused-ring (bicyclic) bond motifs is 1. The van der Waals surface area contributed by atoms with Gasteiger partial charge in [-0.25, -0.2) is 0 Å². The minimum atomic E-state index is -0.198. The van der Waals surface area contributed by atoms with Crippen LogP contribution in [0.2, 0.25) is 0 Å². The first-order valence-electron chi connectivity index (χ1n) is 9.23. The van der Waals surface area contributed by atoms with Crippen molar-refractivity contribution in [1.29, 1.82) is 0 Å². The van der Waals surface area contributed by atoms with Crippen LogP contribution in [0.1, 0.15) is 53.6 Å². The fraction of sp³-hybridized carbons (Fsp3) is 0.550. The highest BCUT2D eigenvalue weighted by molar-refractivity contribution is 5.95. The predicted octanol–water partition coefficient (Wildman–Crippen LogP) is 2.36. The molecule has 4 nitrogen and oxygen atoms in total. The first-order chi connectivity index (χ1) is 11.7. The molecule has 0 bridgehead atoms. The number of amides is 1. The molecular formula is C20H26N2O2. The zero-order valence-electron chi connectivity index (χ0n) is 14.1. The molecule has 1 amide bonds. The Kier molecular flexibility index (Phi) is 4.42. The Morgan fingerprint density at radius 1 is 1.25 bits per heavy atom. The third-order valence-electron chi connectivity index (χ3n) is 5.74. The predicted molar refractivity (Wildman–Crippen MR) is 94.9 cm³/mol. The van der Waals surface area contributed by atoms with E-state index in [2.05, 4.69) is 34.5 Å². The number of benzene rings is 1. The number of hydrogen-bond donors (Lipinski definition) is 2. The van der Waals surface area contributed by atoms with Crippen LogP contribution in [0.5, 0.6) is 0 Å². The van der Waals surface area contributed by atoms with E-state index in [0.29, 0.717) is 6.04 Å². The quantitative estimate of drug-likeness (QED) is 0.896. The molecule has 1 aromatic carbocycles. The Morgan fingerprint density at radius 3 is 3.00 bits per heavy atom. The van der Waals surface area contributed by atoms with E-state index >= 15 is 0 Å². The summed E-state index contributed by atoms with van der Waals surface area (Å²) in [6, 6.07) is 6.64. The number of allylic oxidation sites excluding steroid dienone is 1. The van der Waals surface area contributed by atoms with Gasteiger partial charge in [-0.3, -0.25) is 9.69 Å². The second kappa shape index (κ2) is 6.69. The van der Waals surface area contributed by atoms with Crippen molar-refractivity contribution in [2.24, 2.45) is 0 Å². The SMILES string of the molecule is O=C(N[C@@H]1CCC[C@@H]1N1CCC(O)C1)c1ccc2c(c1)CCC=C2. The lowest BCUT2D eigenvalue weighted by Gasteiger charge is -2.29. The van der Waals surface area contributed by atoms with E-state index in [0.717, 1.165) is 57.2 Å². The van der Waals surface area contributed by atoms with E-state index in [1.54, 1.807) is 0 Å². The lowest BCUT2D eigenvalue weighted by Crippen LogP contribution is -2.48. The number of rotatable bonds is 3. The van der Waals surface area contributed by atoms with Crippen molar-refractivity contribution < 1.29 is 9.90 Å². The van der Waals surface area contributed by atoms with Crippen LogP contribution >= 0.6 is 0 Å². The van der Waals surface area contributed by atoms with Crippen LogP contribution in [0.3, 0.4) is 0 Å². The van der Waals surface area contributed by atoms with Gasteiger partial charge in [-0.2, -0.15) is 0 Å². The smallest absolute Gasteiger partial charge is 0.251 e. The van der Waals surface area contributed by atoms with Gasteiger partial charge in [0.2, 0.25) is 0 Å². The number of aliphatic hydroxyl groups excluding tert-OH is 1. The van der Waals surface area contributed by atoms with E-state index in [4.69, 9.17) is 0 Å². The molecule has 128 valence electrons. The number of aliphatic hydroxyl groups is 1. The molecule has 1 aliphatic heterocycles. The molecule has 1 saturated carbocycles. The summed E-state index contributed by atoms with van der Waals surface area (Å²) in [5, 5.41) is 13.0. The van der Waals surface area contributed by atoms with Crippen molar-refractivity contribution in [1.82, 2.24) is 10.2 Å². The molecule has 3 aliphatic rings. The second-order valence-electron chi connectivity index (χ2n) is 7.37. The molecule has 2 N–H and O–H groups in total. The number of β-amino-alcohol motifs (C(OH)–C–C–N with tert-alkyl or cyclic N) is 1. The highest BCUT2D eigenvalue weighted by Gasteiger charge is 2.36. The van der Waals surface area contributed by atoms with E-state index in [1.165, 1.54) is 11.1 Å². The summed E-state index contributed by atoms with van der Waals surface area (Å²) < 4.78 is 0. The molecule has 4 rings (SSSR count). The van der Waals surface area contributed by atoms with Gasteiger partial charge in [0.1, 0.15) is 0 Å². The lowest BCUT2D eigenvalue weighted by molar-refractivity contribution is 0.0905. The van der Waals surface area contributed by atoms with Crippen molar-refractivity contribution in [3.8, 4) is 0 Å². The van der Waals surface area contributed by atoms with Crippen LogP contribution in [0, 0.1) is 0 Å². The van der Waals surface area contributed by atoms with Crippen molar-refractivity contribution in [3.05, 3.63) is 41.0 Å². The van der Waals surface area contributed by atoms with E-state index in [9.17, 15) is 9.90 Å². The Morgan fingerprint density at radius 2 is 2.17 bits per heavy atom. The van der Waals surface area contributed by atoms with Crippen LogP contribution in [0.15, 0.2) is 24.3 Å². The molecule has 1 heterocycles. The second-order valence-corrected chi connectivity index (χ2v) is 7.37. The minimum Gasteiger partial charge on any atom is -0.392 e. The highest BCUT2D eigenvalue weighted by atomic mass is 16.3. The molecule has 3 atom stereocenters. The largest absolute Gasteiger partial charge is 0.392 e. The number of aryl methyl sites for hydroxylation is 1. The van der Waals surface area contributed by atoms with Crippen molar-refractivity contribution in [2.75, 3.05) is 13.1 Å². The van der Waals surface area contributed by atoms with Crippen LogP contribution in [-0.4, -0.2) is 47.2 Å². The topological polar surface area (TPSA) is 52.6 Å². The van der Waals surface area contributed by atoms with Crippen LogP contribution in [0.4, 0.5) is 0 Å². The first-order valence-corrected chi connectivity index (χ1v) is 9.23. The summed E-state index contributed by atoms with van der Waals surface area (Å²) in [4.78, 5) is 15.1. The van der Waals surface area contributed by atoms with Gasteiger partial charge in [-0.05, 0) is 61.8 Å². The van der Waals surface area contributed by atoms with E-state index in [-0.39, 0.29) is 18.1 Å². The third kappa shape index (κ3) is 3.13. The molecule has 0 spiro atoms. The maximum absolute atomic E-state index is 12.7. The van der Waals surface area contributed by atoms with Gasteiger partial charge < -0.3 is 10.4 Å². The molecule has 0 radical (unpaired) electrons. The minimum absolute atomic E-state index is 0.0454. The standard InChI is InChI=1S/C20H26N2O2/c23-17-10-11-22(13-17)19-7-3-6-18(19)21-20(24)16-9-8-14-4-1-2-5-15(14)12-16/h1,4,8-9,12,17-19,23H,2-3,5-7,10-11,13H2,(H,21,24)/t17?,18-,19+/m1/s1. The number of carbonyl (C=O) groups excluding carboxylic acids is 1. The van der Waals surface area contributed by atoms with Crippen molar-refractivity contribution in [3.63, 3.8) is 0 Å². The Hall–Kier alpha value is -1.65.